The number of rotatable bonds is 7. The second kappa shape index (κ2) is 9.05. The van der Waals surface area contributed by atoms with Crippen molar-refractivity contribution in [2.45, 2.75) is 84.2 Å². The summed E-state index contributed by atoms with van der Waals surface area (Å²) >= 11 is 0. The van der Waals surface area contributed by atoms with Crippen LogP contribution < -0.4 is 9.47 Å². The Morgan fingerprint density at radius 2 is 1.65 bits per heavy atom. The molecule has 26 heavy (non-hydrogen) atoms. The van der Waals surface area contributed by atoms with Crippen LogP contribution in [-0.2, 0) is 6.42 Å². The highest BCUT2D eigenvalue weighted by Crippen LogP contribution is 2.39. The fourth-order valence-corrected chi connectivity index (χ4v) is 4.59. The Labute approximate surface area is 156 Å². The summed E-state index contributed by atoms with van der Waals surface area (Å²) in [5, 5.41) is 0. The van der Waals surface area contributed by atoms with Gasteiger partial charge in [0.05, 0.1) is 12.7 Å². The Kier molecular flexibility index (Phi) is 6.77. The maximum Gasteiger partial charge on any atom is 0.204 e. The van der Waals surface area contributed by atoms with Gasteiger partial charge in [0.25, 0.3) is 0 Å². The van der Waals surface area contributed by atoms with Crippen LogP contribution in [0.4, 0.5) is 8.78 Å². The molecule has 1 aliphatic heterocycles. The zero-order valence-electron chi connectivity index (χ0n) is 16.2. The minimum absolute atomic E-state index is 0.00251. The number of fused-ring (bicyclic) bond motifs is 1. The zero-order chi connectivity index (χ0) is 18.5. The molecule has 0 aromatic heterocycles. The quantitative estimate of drug-likeness (QED) is 0.552. The van der Waals surface area contributed by atoms with Crippen molar-refractivity contribution in [1.29, 1.82) is 0 Å². The minimum atomic E-state index is -0.930. The predicted molar refractivity (Wildman–Crippen MR) is 99.9 cm³/mol. The molecule has 1 heterocycles. The summed E-state index contributed by atoms with van der Waals surface area (Å²) in [6.45, 7) is 4.35. The van der Waals surface area contributed by atoms with Crippen LogP contribution in [-0.4, -0.2) is 12.7 Å². The number of hydrogen-bond donors (Lipinski definition) is 0. The van der Waals surface area contributed by atoms with Crippen molar-refractivity contribution < 1.29 is 18.3 Å². The normalized spacial score (nSPS) is 25.5. The molecule has 1 fully saturated rings. The van der Waals surface area contributed by atoms with E-state index in [2.05, 4.69) is 6.92 Å². The summed E-state index contributed by atoms with van der Waals surface area (Å²) in [4.78, 5) is 0. The molecule has 1 aromatic rings. The van der Waals surface area contributed by atoms with E-state index in [0.717, 1.165) is 43.1 Å². The van der Waals surface area contributed by atoms with Gasteiger partial charge < -0.3 is 9.47 Å². The monoisotopic (exact) mass is 366 g/mol. The topological polar surface area (TPSA) is 18.5 Å². The summed E-state index contributed by atoms with van der Waals surface area (Å²) in [5.74, 6) is -0.0274. The first-order valence-electron chi connectivity index (χ1n) is 10.4. The lowest BCUT2D eigenvalue weighted by Crippen LogP contribution is -2.25. The third-order valence-electron chi connectivity index (χ3n) is 6.09. The van der Waals surface area contributed by atoms with Crippen LogP contribution in [0, 0.1) is 23.5 Å². The number of ether oxygens (including phenoxy) is 2. The predicted octanol–water partition coefficient (Wildman–Crippen LogP) is 6.44. The SMILES string of the molecule is CCCC1CCC(CCC2CCc3cc(OCC)c(F)c(F)c3O2)CC1. The minimum Gasteiger partial charge on any atom is -0.491 e. The summed E-state index contributed by atoms with van der Waals surface area (Å²) in [6.07, 6.45) is 11.7. The van der Waals surface area contributed by atoms with Gasteiger partial charge in [-0.2, -0.15) is 8.78 Å². The lowest BCUT2D eigenvalue weighted by molar-refractivity contribution is 0.136. The van der Waals surface area contributed by atoms with Gasteiger partial charge in [0, 0.05) is 5.56 Å². The highest BCUT2D eigenvalue weighted by Gasteiger charge is 2.28. The van der Waals surface area contributed by atoms with Gasteiger partial charge >= 0.3 is 0 Å². The molecule has 0 N–H and O–H groups in total. The molecule has 1 aromatic carbocycles. The Balaban J connectivity index is 1.53. The molecule has 0 bridgehead atoms. The van der Waals surface area contributed by atoms with Gasteiger partial charge in [0.2, 0.25) is 11.6 Å². The van der Waals surface area contributed by atoms with Crippen molar-refractivity contribution in [2.24, 2.45) is 11.8 Å². The summed E-state index contributed by atoms with van der Waals surface area (Å²) in [6, 6.07) is 1.60. The molecule has 0 radical (unpaired) electrons. The molecule has 0 saturated heterocycles. The van der Waals surface area contributed by atoms with Gasteiger partial charge in [0.1, 0.15) is 0 Å². The molecule has 1 aliphatic carbocycles. The second-order valence-electron chi connectivity index (χ2n) is 7.96. The molecule has 3 rings (SSSR count). The van der Waals surface area contributed by atoms with E-state index < -0.39 is 11.6 Å². The average molecular weight is 366 g/mol. The molecule has 2 nitrogen and oxygen atoms in total. The van der Waals surface area contributed by atoms with Gasteiger partial charge in [-0.3, -0.25) is 0 Å². The van der Waals surface area contributed by atoms with Crippen LogP contribution in [0.3, 0.4) is 0 Å². The molecule has 2 aliphatic rings. The fraction of sp³-hybridized carbons (Fsp3) is 0.727. The largest absolute Gasteiger partial charge is 0.491 e. The molecule has 146 valence electrons. The molecular weight excluding hydrogens is 334 g/mol. The first kappa shape index (κ1) is 19.4. The lowest BCUT2D eigenvalue weighted by atomic mass is 9.78. The standard InChI is InChI=1S/C22H32F2O2/c1-3-5-15-6-8-16(9-7-15)10-12-18-13-11-17-14-19(25-4-2)20(23)21(24)22(17)26-18/h14-16,18H,3-13H2,1-2H3. The summed E-state index contributed by atoms with van der Waals surface area (Å²) < 4.78 is 39.5. The molecular formula is C22H32F2O2. The Morgan fingerprint density at radius 3 is 2.31 bits per heavy atom. The number of halogens is 2. The van der Waals surface area contributed by atoms with E-state index in [1.807, 2.05) is 0 Å². The van der Waals surface area contributed by atoms with Crippen molar-refractivity contribution in [1.82, 2.24) is 0 Å². The van der Waals surface area contributed by atoms with Crippen molar-refractivity contribution in [3.05, 3.63) is 23.3 Å². The maximum absolute atomic E-state index is 14.4. The molecule has 0 amide bonds. The molecule has 1 atom stereocenters. The van der Waals surface area contributed by atoms with Crippen LogP contribution in [0.25, 0.3) is 0 Å². The maximum atomic E-state index is 14.4. The van der Waals surface area contributed by atoms with E-state index in [4.69, 9.17) is 9.47 Å². The second-order valence-corrected chi connectivity index (χ2v) is 7.96. The van der Waals surface area contributed by atoms with Crippen molar-refractivity contribution in [2.75, 3.05) is 6.61 Å². The Morgan fingerprint density at radius 1 is 0.962 bits per heavy atom. The van der Waals surface area contributed by atoms with Gasteiger partial charge in [-0.25, -0.2) is 0 Å². The lowest BCUT2D eigenvalue weighted by Gasteiger charge is -2.31. The Hall–Kier alpha value is -1.32. The molecule has 4 heteroatoms. The van der Waals surface area contributed by atoms with Gasteiger partial charge in [-0.05, 0) is 50.5 Å². The van der Waals surface area contributed by atoms with E-state index in [9.17, 15) is 8.78 Å². The van der Waals surface area contributed by atoms with Gasteiger partial charge in [-0.1, -0.05) is 45.4 Å². The third kappa shape index (κ3) is 4.50. The highest BCUT2D eigenvalue weighted by atomic mass is 19.2. The van der Waals surface area contributed by atoms with E-state index in [1.165, 1.54) is 38.5 Å². The Bertz CT molecular complexity index is 594. The fourth-order valence-electron chi connectivity index (χ4n) is 4.59. The van der Waals surface area contributed by atoms with Gasteiger partial charge in [0.15, 0.2) is 11.5 Å². The number of hydrogen-bond acceptors (Lipinski definition) is 2. The van der Waals surface area contributed by atoms with Crippen LogP contribution in [0.15, 0.2) is 6.07 Å². The highest BCUT2D eigenvalue weighted by molar-refractivity contribution is 5.44. The van der Waals surface area contributed by atoms with Crippen LogP contribution >= 0.6 is 0 Å². The van der Waals surface area contributed by atoms with Crippen LogP contribution in [0.2, 0.25) is 0 Å². The van der Waals surface area contributed by atoms with Crippen molar-refractivity contribution in [3.8, 4) is 11.5 Å². The zero-order valence-corrected chi connectivity index (χ0v) is 16.2. The molecule has 1 unspecified atom stereocenters. The summed E-state index contributed by atoms with van der Waals surface area (Å²) in [7, 11) is 0. The number of aryl methyl sites for hydroxylation is 1. The first-order valence-corrected chi connectivity index (χ1v) is 10.4. The molecule has 0 spiro atoms. The van der Waals surface area contributed by atoms with Crippen molar-refractivity contribution in [3.63, 3.8) is 0 Å². The first-order chi connectivity index (χ1) is 12.6. The van der Waals surface area contributed by atoms with Crippen LogP contribution in [0.5, 0.6) is 11.5 Å². The van der Waals surface area contributed by atoms with E-state index in [-0.39, 0.29) is 17.6 Å². The smallest absolute Gasteiger partial charge is 0.204 e. The van der Waals surface area contributed by atoms with Gasteiger partial charge in [-0.15, -0.1) is 0 Å². The average Bonchev–Trinajstić information content (AvgIpc) is 2.66. The van der Waals surface area contributed by atoms with E-state index in [1.54, 1.807) is 13.0 Å². The van der Waals surface area contributed by atoms with E-state index >= 15 is 0 Å². The van der Waals surface area contributed by atoms with Crippen LogP contribution in [0.1, 0.15) is 77.2 Å². The third-order valence-corrected chi connectivity index (χ3v) is 6.09. The number of benzene rings is 1. The summed E-state index contributed by atoms with van der Waals surface area (Å²) in [5.41, 5.74) is 0.726. The van der Waals surface area contributed by atoms with Crippen molar-refractivity contribution >= 4 is 0 Å². The molecule has 1 saturated carbocycles. The van der Waals surface area contributed by atoms with E-state index in [0.29, 0.717) is 6.61 Å².